The molecule has 0 unspecified atom stereocenters. The minimum atomic E-state index is 0.138. The van der Waals surface area contributed by atoms with Gasteiger partial charge in [0.05, 0.1) is 6.26 Å². The quantitative estimate of drug-likeness (QED) is 0.645. The first kappa shape index (κ1) is 11.5. The van der Waals surface area contributed by atoms with Crippen molar-refractivity contribution in [3.63, 3.8) is 0 Å². The smallest absolute Gasteiger partial charge is 0.221 e. The fraction of sp³-hybridized carbons (Fsp3) is 0.182. The molecular formula is C11H10N4OS. The molecule has 2 aromatic heterocycles. The van der Waals surface area contributed by atoms with Gasteiger partial charge < -0.3 is 10.2 Å². The third kappa shape index (κ3) is 1.97. The zero-order chi connectivity index (χ0) is 12.4. The Bertz CT molecular complexity index is 600. The van der Waals surface area contributed by atoms with Crippen LogP contribution in [0.1, 0.15) is 11.1 Å². The van der Waals surface area contributed by atoms with Crippen molar-refractivity contribution in [3.05, 3.63) is 23.5 Å². The molecule has 0 saturated heterocycles. The number of aromatic nitrogens is 2. The number of hydrogen-bond acceptors (Lipinski definition) is 6. The molecule has 0 aliphatic heterocycles. The van der Waals surface area contributed by atoms with Crippen molar-refractivity contribution in [2.24, 2.45) is 0 Å². The zero-order valence-electron chi connectivity index (χ0n) is 9.39. The monoisotopic (exact) mass is 246 g/mol. The average molecular weight is 246 g/mol. The Labute approximate surface area is 103 Å². The normalized spacial score (nSPS) is 10.2. The van der Waals surface area contributed by atoms with Crippen LogP contribution in [0.4, 0.5) is 5.95 Å². The van der Waals surface area contributed by atoms with Crippen LogP contribution in [0, 0.1) is 18.3 Å². The fourth-order valence-electron chi connectivity index (χ4n) is 1.48. The number of nitrogens with two attached hydrogens (primary N) is 1. The lowest BCUT2D eigenvalue weighted by molar-refractivity contribution is 0.577. The van der Waals surface area contributed by atoms with E-state index in [0.717, 1.165) is 5.56 Å². The Morgan fingerprint density at radius 2 is 2.24 bits per heavy atom. The Kier molecular flexibility index (Phi) is 3.02. The summed E-state index contributed by atoms with van der Waals surface area (Å²) in [5.41, 5.74) is 7.38. The highest BCUT2D eigenvalue weighted by Crippen LogP contribution is 2.30. The summed E-state index contributed by atoms with van der Waals surface area (Å²) in [5.74, 6) is 0.699. The van der Waals surface area contributed by atoms with E-state index < -0.39 is 0 Å². The fourth-order valence-corrected chi connectivity index (χ4v) is 2.02. The van der Waals surface area contributed by atoms with Crippen LogP contribution < -0.4 is 5.73 Å². The molecule has 0 aliphatic carbocycles. The maximum absolute atomic E-state index is 9.19. The number of nitrogens with zero attached hydrogens (tertiary/aromatic N) is 3. The summed E-state index contributed by atoms with van der Waals surface area (Å²) >= 11 is 1.36. The van der Waals surface area contributed by atoms with Gasteiger partial charge in [0.1, 0.15) is 22.4 Å². The molecule has 6 heteroatoms. The van der Waals surface area contributed by atoms with Crippen LogP contribution in [0.15, 0.2) is 21.8 Å². The summed E-state index contributed by atoms with van der Waals surface area (Å²) in [6, 6.07) is 3.91. The van der Waals surface area contributed by atoms with E-state index in [1.807, 2.05) is 19.2 Å². The predicted octanol–water partition coefficient (Wildman–Crippen LogP) is 2.22. The lowest BCUT2D eigenvalue weighted by atomic mass is 10.1. The topological polar surface area (TPSA) is 88.7 Å². The van der Waals surface area contributed by atoms with Gasteiger partial charge in [-0.05, 0) is 24.8 Å². The van der Waals surface area contributed by atoms with Crippen LogP contribution in [0.3, 0.4) is 0 Å². The Balaban J connectivity index is 2.74. The van der Waals surface area contributed by atoms with Crippen molar-refractivity contribution in [1.82, 2.24) is 9.97 Å². The van der Waals surface area contributed by atoms with E-state index in [1.165, 1.54) is 11.8 Å². The van der Waals surface area contributed by atoms with Crippen LogP contribution in [0.25, 0.3) is 11.5 Å². The minimum absolute atomic E-state index is 0.138. The van der Waals surface area contributed by atoms with Gasteiger partial charge in [-0.3, -0.25) is 0 Å². The maximum Gasteiger partial charge on any atom is 0.221 e. The SMILES string of the molecule is CSc1nc(N)nc(-c2occc2C)c1C#N. The highest BCUT2D eigenvalue weighted by Gasteiger charge is 2.18. The second-order valence-corrected chi connectivity index (χ2v) is 4.15. The van der Waals surface area contributed by atoms with E-state index in [2.05, 4.69) is 16.0 Å². The van der Waals surface area contributed by atoms with Crippen molar-refractivity contribution in [2.75, 3.05) is 12.0 Å². The number of nitrogen functional groups attached to an aromatic ring is 1. The summed E-state index contributed by atoms with van der Waals surface area (Å²) in [5, 5.41) is 9.75. The molecule has 2 aromatic rings. The molecule has 0 aromatic carbocycles. The molecular weight excluding hydrogens is 236 g/mol. The first-order chi connectivity index (χ1) is 8.17. The molecule has 0 bridgehead atoms. The van der Waals surface area contributed by atoms with Gasteiger partial charge in [-0.25, -0.2) is 9.97 Å². The molecule has 86 valence electrons. The lowest BCUT2D eigenvalue weighted by Gasteiger charge is -2.06. The number of aryl methyl sites for hydroxylation is 1. The summed E-state index contributed by atoms with van der Waals surface area (Å²) in [7, 11) is 0. The number of furan rings is 1. The molecule has 0 atom stereocenters. The van der Waals surface area contributed by atoms with Crippen LogP contribution in [-0.2, 0) is 0 Å². The molecule has 2 N–H and O–H groups in total. The molecule has 5 nitrogen and oxygen atoms in total. The molecule has 0 radical (unpaired) electrons. The number of thioether (sulfide) groups is 1. The van der Waals surface area contributed by atoms with Crippen molar-refractivity contribution < 1.29 is 4.42 Å². The summed E-state index contributed by atoms with van der Waals surface area (Å²) in [6.07, 6.45) is 3.39. The van der Waals surface area contributed by atoms with Gasteiger partial charge in [0.2, 0.25) is 5.95 Å². The number of nitriles is 1. The molecule has 0 spiro atoms. The van der Waals surface area contributed by atoms with E-state index in [1.54, 1.807) is 6.26 Å². The summed E-state index contributed by atoms with van der Waals surface area (Å²) in [4.78, 5) is 8.12. The molecule has 2 rings (SSSR count). The third-order valence-corrected chi connectivity index (χ3v) is 2.96. The molecule has 0 saturated carbocycles. The molecule has 0 amide bonds. The Hall–Kier alpha value is -2.00. The van der Waals surface area contributed by atoms with Crippen LogP contribution >= 0.6 is 11.8 Å². The molecule has 0 fully saturated rings. The third-order valence-electron chi connectivity index (χ3n) is 2.28. The molecule has 2 heterocycles. The largest absolute Gasteiger partial charge is 0.462 e. The highest BCUT2D eigenvalue weighted by atomic mass is 32.2. The zero-order valence-corrected chi connectivity index (χ0v) is 10.2. The molecule has 0 aliphatic rings. The van der Waals surface area contributed by atoms with Gasteiger partial charge in [-0.15, -0.1) is 11.8 Å². The van der Waals surface area contributed by atoms with E-state index in [9.17, 15) is 5.26 Å². The predicted molar refractivity (Wildman–Crippen MR) is 65.4 cm³/mol. The van der Waals surface area contributed by atoms with Crippen LogP contribution in [-0.4, -0.2) is 16.2 Å². The van der Waals surface area contributed by atoms with Gasteiger partial charge in [0.15, 0.2) is 5.76 Å². The second-order valence-electron chi connectivity index (χ2n) is 3.36. The van der Waals surface area contributed by atoms with E-state index in [0.29, 0.717) is 22.0 Å². The van der Waals surface area contributed by atoms with Crippen molar-refractivity contribution in [1.29, 1.82) is 5.26 Å². The van der Waals surface area contributed by atoms with E-state index >= 15 is 0 Å². The van der Waals surface area contributed by atoms with Crippen molar-refractivity contribution >= 4 is 17.7 Å². The van der Waals surface area contributed by atoms with Gasteiger partial charge in [0, 0.05) is 0 Å². The summed E-state index contributed by atoms with van der Waals surface area (Å²) < 4.78 is 5.34. The van der Waals surface area contributed by atoms with Gasteiger partial charge in [-0.2, -0.15) is 5.26 Å². The first-order valence-electron chi connectivity index (χ1n) is 4.83. The maximum atomic E-state index is 9.19. The standard InChI is InChI=1S/C11H10N4OS/c1-6-3-4-16-9(6)8-7(5-12)10(17-2)15-11(13)14-8/h3-4H,1-2H3,(H2,13,14,15). The van der Waals surface area contributed by atoms with Gasteiger partial charge in [0.25, 0.3) is 0 Å². The number of hydrogen-bond donors (Lipinski definition) is 1. The Morgan fingerprint density at radius 1 is 1.47 bits per heavy atom. The minimum Gasteiger partial charge on any atom is -0.462 e. The van der Waals surface area contributed by atoms with Gasteiger partial charge >= 0.3 is 0 Å². The second kappa shape index (κ2) is 4.47. The van der Waals surface area contributed by atoms with Gasteiger partial charge in [-0.1, -0.05) is 0 Å². The van der Waals surface area contributed by atoms with Crippen molar-refractivity contribution in [3.8, 4) is 17.5 Å². The van der Waals surface area contributed by atoms with E-state index in [4.69, 9.17) is 10.2 Å². The number of rotatable bonds is 2. The lowest BCUT2D eigenvalue weighted by Crippen LogP contribution is -2.02. The highest BCUT2D eigenvalue weighted by molar-refractivity contribution is 7.98. The van der Waals surface area contributed by atoms with Crippen LogP contribution in [0.2, 0.25) is 0 Å². The van der Waals surface area contributed by atoms with Crippen molar-refractivity contribution in [2.45, 2.75) is 11.9 Å². The average Bonchev–Trinajstić information content (AvgIpc) is 2.74. The summed E-state index contributed by atoms with van der Waals surface area (Å²) in [6.45, 7) is 1.89. The van der Waals surface area contributed by atoms with Crippen LogP contribution in [0.5, 0.6) is 0 Å². The van der Waals surface area contributed by atoms with E-state index in [-0.39, 0.29) is 5.95 Å². The molecule has 17 heavy (non-hydrogen) atoms. The first-order valence-corrected chi connectivity index (χ1v) is 6.06. The Morgan fingerprint density at radius 3 is 2.76 bits per heavy atom. The number of anilines is 1.